The summed E-state index contributed by atoms with van der Waals surface area (Å²) in [5.74, 6) is 2.53. The zero-order chi connectivity index (χ0) is 9.97. The van der Waals surface area contributed by atoms with Crippen molar-refractivity contribution in [3.05, 3.63) is 11.8 Å². The van der Waals surface area contributed by atoms with E-state index in [2.05, 4.69) is 17.1 Å². The summed E-state index contributed by atoms with van der Waals surface area (Å²) in [6.45, 7) is 2.26. The molecule has 3 nitrogen and oxygen atoms in total. The summed E-state index contributed by atoms with van der Waals surface area (Å²) < 4.78 is 0. The first-order valence-electron chi connectivity index (χ1n) is 5.59. The number of rotatable bonds is 5. The number of aromatic amines is 1. The number of hydrogen-bond acceptors (Lipinski definition) is 2. The fourth-order valence-electron chi connectivity index (χ4n) is 2.13. The topological polar surface area (TPSA) is 54.7 Å². The van der Waals surface area contributed by atoms with Gasteiger partial charge in [-0.2, -0.15) is 5.10 Å². The van der Waals surface area contributed by atoms with E-state index in [1.807, 2.05) is 6.07 Å². The van der Waals surface area contributed by atoms with Crippen LogP contribution >= 0.6 is 0 Å². The normalized spacial score (nSPS) is 25.2. The molecule has 1 aliphatic rings. The van der Waals surface area contributed by atoms with Crippen molar-refractivity contribution in [2.24, 2.45) is 11.8 Å². The monoisotopic (exact) mass is 193 g/mol. The van der Waals surface area contributed by atoms with Crippen LogP contribution in [0.2, 0.25) is 0 Å². The van der Waals surface area contributed by atoms with E-state index in [0.29, 0.717) is 5.82 Å². The first-order chi connectivity index (χ1) is 6.79. The summed E-state index contributed by atoms with van der Waals surface area (Å²) >= 11 is 0. The molecule has 78 valence electrons. The third kappa shape index (κ3) is 2.28. The summed E-state index contributed by atoms with van der Waals surface area (Å²) in [6.07, 6.45) is 6.61. The lowest BCUT2D eigenvalue weighted by Crippen LogP contribution is -1.90. The molecule has 3 N–H and O–H groups in total. The third-order valence-corrected chi connectivity index (χ3v) is 3.12. The van der Waals surface area contributed by atoms with Crippen LogP contribution < -0.4 is 5.73 Å². The fraction of sp³-hybridized carbons (Fsp3) is 0.727. The van der Waals surface area contributed by atoms with Gasteiger partial charge in [0.05, 0.1) is 5.69 Å². The van der Waals surface area contributed by atoms with Gasteiger partial charge in [0.1, 0.15) is 5.82 Å². The van der Waals surface area contributed by atoms with Gasteiger partial charge in [-0.05, 0) is 24.7 Å². The average Bonchev–Trinajstić information content (AvgIpc) is 2.77. The summed E-state index contributed by atoms with van der Waals surface area (Å²) in [7, 11) is 0. The molecule has 0 spiro atoms. The van der Waals surface area contributed by atoms with Crippen molar-refractivity contribution in [3.8, 4) is 0 Å². The van der Waals surface area contributed by atoms with Crippen molar-refractivity contribution in [1.82, 2.24) is 10.2 Å². The van der Waals surface area contributed by atoms with Crippen molar-refractivity contribution in [2.75, 3.05) is 5.73 Å². The van der Waals surface area contributed by atoms with Gasteiger partial charge in [0, 0.05) is 6.07 Å². The zero-order valence-electron chi connectivity index (χ0n) is 8.79. The largest absolute Gasteiger partial charge is 0.384 e. The van der Waals surface area contributed by atoms with Crippen LogP contribution in [0.5, 0.6) is 0 Å². The first-order valence-corrected chi connectivity index (χ1v) is 5.59. The number of aromatic nitrogens is 2. The van der Waals surface area contributed by atoms with Gasteiger partial charge in [0.2, 0.25) is 0 Å². The second-order valence-corrected chi connectivity index (χ2v) is 4.42. The third-order valence-electron chi connectivity index (χ3n) is 3.12. The van der Waals surface area contributed by atoms with Gasteiger partial charge in [-0.15, -0.1) is 0 Å². The molecule has 1 saturated carbocycles. The molecule has 1 aromatic heterocycles. The molecule has 0 bridgehead atoms. The standard InChI is InChI=1S/C11H19N3/c1-2-3-4-8-5-9(8)6-10-7-11(12)14-13-10/h7-9H,2-6H2,1H3,(H3,12,13,14). The molecule has 2 unspecified atom stereocenters. The Hall–Kier alpha value is -0.990. The molecule has 2 atom stereocenters. The van der Waals surface area contributed by atoms with Crippen molar-refractivity contribution in [2.45, 2.75) is 39.0 Å². The lowest BCUT2D eigenvalue weighted by Gasteiger charge is -1.96. The van der Waals surface area contributed by atoms with Crippen molar-refractivity contribution >= 4 is 5.82 Å². The predicted octanol–water partition coefficient (Wildman–Crippen LogP) is 2.36. The van der Waals surface area contributed by atoms with Crippen molar-refractivity contribution in [1.29, 1.82) is 0 Å². The maximum absolute atomic E-state index is 5.57. The molecule has 1 heterocycles. The van der Waals surface area contributed by atoms with E-state index in [9.17, 15) is 0 Å². The molecule has 14 heavy (non-hydrogen) atoms. The number of nitrogens with zero attached hydrogens (tertiary/aromatic N) is 1. The molecule has 0 amide bonds. The summed E-state index contributed by atoms with van der Waals surface area (Å²) in [5.41, 5.74) is 6.70. The Bertz CT molecular complexity index is 292. The quantitative estimate of drug-likeness (QED) is 0.754. The van der Waals surface area contributed by atoms with Crippen LogP contribution in [0.25, 0.3) is 0 Å². The highest BCUT2D eigenvalue weighted by molar-refractivity contribution is 5.28. The summed E-state index contributed by atoms with van der Waals surface area (Å²) in [5, 5.41) is 6.95. The number of nitrogens with one attached hydrogen (secondary N) is 1. The Morgan fingerprint density at radius 1 is 1.57 bits per heavy atom. The molecule has 1 aliphatic carbocycles. The molecule has 0 radical (unpaired) electrons. The Balaban J connectivity index is 1.73. The van der Waals surface area contributed by atoms with Crippen LogP contribution in [-0.4, -0.2) is 10.2 Å². The average molecular weight is 193 g/mol. The first kappa shape index (κ1) is 9.56. The number of nitrogens with two attached hydrogens (primary N) is 1. The van der Waals surface area contributed by atoms with Gasteiger partial charge in [-0.1, -0.05) is 26.2 Å². The van der Waals surface area contributed by atoms with E-state index in [-0.39, 0.29) is 0 Å². The second-order valence-electron chi connectivity index (χ2n) is 4.42. The molecule has 0 saturated heterocycles. The van der Waals surface area contributed by atoms with Crippen LogP contribution in [0.15, 0.2) is 6.07 Å². The van der Waals surface area contributed by atoms with Gasteiger partial charge in [0.15, 0.2) is 0 Å². The van der Waals surface area contributed by atoms with E-state index in [1.54, 1.807) is 0 Å². The minimum atomic E-state index is 0.686. The maximum Gasteiger partial charge on any atom is 0.119 e. The Labute approximate surface area is 85.1 Å². The summed E-state index contributed by atoms with van der Waals surface area (Å²) in [4.78, 5) is 0. The minimum Gasteiger partial charge on any atom is -0.384 e. The van der Waals surface area contributed by atoms with Gasteiger partial charge in [-0.25, -0.2) is 0 Å². The number of anilines is 1. The van der Waals surface area contributed by atoms with Crippen LogP contribution in [0.1, 0.15) is 38.3 Å². The second kappa shape index (κ2) is 4.03. The Morgan fingerprint density at radius 2 is 2.43 bits per heavy atom. The highest BCUT2D eigenvalue weighted by Crippen LogP contribution is 2.44. The summed E-state index contributed by atoms with van der Waals surface area (Å²) in [6, 6.07) is 1.95. The van der Waals surface area contributed by atoms with Gasteiger partial charge < -0.3 is 5.73 Å². The van der Waals surface area contributed by atoms with Gasteiger partial charge in [0.25, 0.3) is 0 Å². The van der Waals surface area contributed by atoms with Crippen LogP contribution in [-0.2, 0) is 6.42 Å². The highest BCUT2D eigenvalue weighted by Gasteiger charge is 2.36. The van der Waals surface area contributed by atoms with Crippen molar-refractivity contribution < 1.29 is 0 Å². The predicted molar refractivity (Wildman–Crippen MR) is 57.8 cm³/mol. The molecule has 1 aromatic rings. The smallest absolute Gasteiger partial charge is 0.119 e. The van der Waals surface area contributed by atoms with Crippen LogP contribution in [0.4, 0.5) is 5.82 Å². The number of unbranched alkanes of at least 4 members (excludes halogenated alkanes) is 1. The Morgan fingerprint density at radius 3 is 3.07 bits per heavy atom. The molecule has 0 aromatic carbocycles. The molecule has 3 heteroatoms. The molecule has 0 aliphatic heterocycles. The lowest BCUT2D eigenvalue weighted by molar-refractivity contribution is 0.597. The van der Waals surface area contributed by atoms with Crippen molar-refractivity contribution in [3.63, 3.8) is 0 Å². The fourth-order valence-corrected chi connectivity index (χ4v) is 2.13. The zero-order valence-corrected chi connectivity index (χ0v) is 8.79. The van der Waals surface area contributed by atoms with E-state index in [0.717, 1.165) is 24.0 Å². The highest BCUT2D eigenvalue weighted by atomic mass is 15.2. The van der Waals surface area contributed by atoms with E-state index < -0.39 is 0 Å². The van der Waals surface area contributed by atoms with Crippen LogP contribution in [0.3, 0.4) is 0 Å². The number of nitrogen functional groups attached to an aromatic ring is 1. The maximum atomic E-state index is 5.57. The number of hydrogen-bond donors (Lipinski definition) is 2. The molecule has 1 fully saturated rings. The van der Waals surface area contributed by atoms with Gasteiger partial charge >= 0.3 is 0 Å². The molecule has 2 rings (SSSR count). The van der Waals surface area contributed by atoms with Crippen LogP contribution in [0, 0.1) is 11.8 Å². The minimum absolute atomic E-state index is 0.686. The van der Waals surface area contributed by atoms with E-state index in [1.165, 1.54) is 25.7 Å². The lowest BCUT2D eigenvalue weighted by atomic mass is 10.1. The SMILES string of the molecule is CCCCC1CC1Cc1cc(N)[nH]n1. The molecular formula is C11H19N3. The molecular weight excluding hydrogens is 174 g/mol. The number of H-pyrrole nitrogens is 1. The van der Waals surface area contributed by atoms with E-state index in [4.69, 9.17) is 5.73 Å². The van der Waals surface area contributed by atoms with E-state index >= 15 is 0 Å². The van der Waals surface area contributed by atoms with Gasteiger partial charge in [-0.3, -0.25) is 5.10 Å². The Kier molecular flexibility index (Phi) is 2.75.